The topological polar surface area (TPSA) is 9.23 Å². The van der Waals surface area contributed by atoms with E-state index in [1.165, 1.54) is 42.4 Å². The molecular formula is C19H28O. The highest BCUT2D eigenvalue weighted by molar-refractivity contribution is 5.49. The van der Waals surface area contributed by atoms with Gasteiger partial charge in [-0.05, 0) is 36.7 Å². The first kappa shape index (κ1) is 15.2. The van der Waals surface area contributed by atoms with Crippen LogP contribution in [0.1, 0.15) is 69.1 Å². The molecule has 0 N–H and O–H groups in total. The minimum absolute atomic E-state index is 0.107. The second kappa shape index (κ2) is 6.03. The highest BCUT2D eigenvalue weighted by Gasteiger charge is 2.27. The van der Waals surface area contributed by atoms with Crippen LogP contribution < -0.4 is 4.74 Å². The van der Waals surface area contributed by atoms with Gasteiger partial charge in [0, 0.05) is 5.56 Å². The Balaban J connectivity index is 2.52. The lowest BCUT2D eigenvalue weighted by atomic mass is 9.82. The van der Waals surface area contributed by atoms with Gasteiger partial charge in [0.1, 0.15) is 12.4 Å². The second-order valence-electron chi connectivity index (χ2n) is 7.06. The number of ether oxygens (including phenoxy) is 1. The number of rotatable bonds is 4. The van der Waals surface area contributed by atoms with E-state index in [0.717, 1.165) is 5.75 Å². The van der Waals surface area contributed by atoms with Gasteiger partial charge in [-0.2, -0.15) is 0 Å². The van der Waals surface area contributed by atoms with Crippen LogP contribution in [0.2, 0.25) is 0 Å². The smallest absolute Gasteiger partial charge is 0.126 e. The molecule has 1 aromatic carbocycles. The van der Waals surface area contributed by atoms with Crippen LogP contribution in [0.25, 0.3) is 0 Å². The molecule has 0 heterocycles. The molecule has 0 radical (unpaired) electrons. The first-order chi connectivity index (χ1) is 9.43. The van der Waals surface area contributed by atoms with Crippen molar-refractivity contribution < 1.29 is 4.74 Å². The summed E-state index contributed by atoms with van der Waals surface area (Å²) in [7, 11) is 0. The van der Waals surface area contributed by atoms with Gasteiger partial charge in [-0.3, -0.25) is 0 Å². The quantitative estimate of drug-likeness (QED) is 0.656. The molecule has 1 nitrogen and oxygen atoms in total. The zero-order valence-corrected chi connectivity index (χ0v) is 13.5. The van der Waals surface area contributed by atoms with E-state index in [0.29, 0.717) is 12.5 Å². The summed E-state index contributed by atoms with van der Waals surface area (Å²) >= 11 is 0. The van der Waals surface area contributed by atoms with Gasteiger partial charge >= 0.3 is 0 Å². The van der Waals surface area contributed by atoms with Gasteiger partial charge in [-0.1, -0.05) is 64.0 Å². The zero-order valence-electron chi connectivity index (χ0n) is 13.5. The van der Waals surface area contributed by atoms with Crippen molar-refractivity contribution in [3.8, 4) is 5.75 Å². The average Bonchev–Trinajstić information content (AvgIpc) is 2.89. The van der Waals surface area contributed by atoms with Crippen LogP contribution in [-0.4, -0.2) is 6.61 Å². The van der Waals surface area contributed by atoms with Gasteiger partial charge in [0.15, 0.2) is 0 Å². The third-order valence-electron chi connectivity index (χ3n) is 4.21. The van der Waals surface area contributed by atoms with E-state index in [9.17, 15) is 0 Å². The second-order valence-corrected chi connectivity index (χ2v) is 7.06. The summed E-state index contributed by atoms with van der Waals surface area (Å²) in [5.74, 6) is 1.80. The van der Waals surface area contributed by atoms with Crippen LogP contribution in [0.15, 0.2) is 24.8 Å². The SMILES string of the molecule is C=CCOc1c(C2CCCC2)cc(C)cc1C(C)(C)C. The molecule has 1 heteroatoms. The maximum Gasteiger partial charge on any atom is 0.126 e. The Bertz CT molecular complexity index is 473. The van der Waals surface area contributed by atoms with E-state index in [4.69, 9.17) is 4.74 Å². The molecule has 1 saturated carbocycles. The Morgan fingerprint density at radius 3 is 2.45 bits per heavy atom. The maximum atomic E-state index is 6.09. The lowest BCUT2D eigenvalue weighted by Crippen LogP contribution is -2.16. The van der Waals surface area contributed by atoms with Gasteiger partial charge in [0.05, 0.1) is 0 Å². The van der Waals surface area contributed by atoms with Crippen molar-refractivity contribution in [2.75, 3.05) is 6.61 Å². The molecule has 0 atom stereocenters. The molecule has 0 aliphatic heterocycles. The summed E-state index contributed by atoms with van der Waals surface area (Å²) in [6, 6.07) is 4.63. The molecule has 1 fully saturated rings. The summed E-state index contributed by atoms with van der Waals surface area (Å²) in [4.78, 5) is 0. The van der Waals surface area contributed by atoms with Crippen LogP contribution in [0, 0.1) is 6.92 Å². The fourth-order valence-corrected chi connectivity index (χ4v) is 3.20. The number of aryl methyl sites for hydroxylation is 1. The molecule has 20 heavy (non-hydrogen) atoms. The first-order valence-corrected chi connectivity index (χ1v) is 7.82. The largest absolute Gasteiger partial charge is 0.489 e. The fourth-order valence-electron chi connectivity index (χ4n) is 3.20. The fraction of sp³-hybridized carbons (Fsp3) is 0.579. The molecule has 0 unspecified atom stereocenters. The molecule has 1 aromatic rings. The Hall–Kier alpha value is -1.24. The first-order valence-electron chi connectivity index (χ1n) is 7.82. The van der Waals surface area contributed by atoms with E-state index < -0.39 is 0 Å². The zero-order chi connectivity index (χ0) is 14.8. The van der Waals surface area contributed by atoms with Gasteiger partial charge in [0.25, 0.3) is 0 Å². The van der Waals surface area contributed by atoms with Crippen LogP contribution in [0.5, 0.6) is 5.75 Å². The maximum absolute atomic E-state index is 6.09. The number of hydrogen-bond donors (Lipinski definition) is 0. The van der Waals surface area contributed by atoms with Crippen molar-refractivity contribution in [2.45, 2.75) is 64.7 Å². The monoisotopic (exact) mass is 272 g/mol. The van der Waals surface area contributed by atoms with E-state index in [2.05, 4.69) is 46.4 Å². The van der Waals surface area contributed by atoms with Crippen LogP contribution >= 0.6 is 0 Å². The van der Waals surface area contributed by atoms with Gasteiger partial charge < -0.3 is 4.74 Å². The van der Waals surface area contributed by atoms with Crippen molar-refractivity contribution in [1.29, 1.82) is 0 Å². The van der Waals surface area contributed by atoms with Crippen molar-refractivity contribution in [3.63, 3.8) is 0 Å². The molecule has 0 saturated heterocycles. The van der Waals surface area contributed by atoms with E-state index >= 15 is 0 Å². The van der Waals surface area contributed by atoms with Gasteiger partial charge in [-0.15, -0.1) is 0 Å². The van der Waals surface area contributed by atoms with E-state index in [-0.39, 0.29) is 5.41 Å². The van der Waals surface area contributed by atoms with Crippen LogP contribution in [0.3, 0.4) is 0 Å². The molecular weight excluding hydrogens is 244 g/mol. The number of benzene rings is 1. The molecule has 1 aliphatic rings. The van der Waals surface area contributed by atoms with E-state index in [1.807, 2.05) is 6.08 Å². The lowest BCUT2D eigenvalue weighted by Gasteiger charge is -2.27. The Morgan fingerprint density at radius 1 is 1.25 bits per heavy atom. The van der Waals surface area contributed by atoms with Crippen molar-refractivity contribution >= 4 is 0 Å². The molecule has 0 bridgehead atoms. The summed E-state index contributed by atoms with van der Waals surface area (Å²) in [5.41, 5.74) is 4.22. The van der Waals surface area contributed by atoms with E-state index in [1.54, 1.807) is 0 Å². The Labute approximate surface area is 124 Å². The number of hydrogen-bond acceptors (Lipinski definition) is 1. The highest BCUT2D eigenvalue weighted by Crippen LogP contribution is 2.43. The van der Waals surface area contributed by atoms with Crippen molar-refractivity contribution in [1.82, 2.24) is 0 Å². The van der Waals surface area contributed by atoms with Crippen LogP contribution in [0.4, 0.5) is 0 Å². The molecule has 0 aromatic heterocycles. The normalized spacial score (nSPS) is 16.4. The molecule has 0 amide bonds. The average molecular weight is 272 g/mol. The van der Waals surface area contributed by atoms with Gasteiger partial charge in [0.2, 0.25) is 0 Å². The molecule has 2 rings (SSSR count). The summed E-state index contributed by atoms with van der Waals surface area (Å²) in [6.45, 7) is 13.4. The summed E-state index contributed by atoms with van der Waals surface area (Å²) < 4.78 is 6.09. The van der Waals surface area contributed by atoms with Crippen LogP contribution in [-0.2, 0) is 5.41 Å². The van der Waals surface area contributed by atoms with Gasteiger partial charge in [-0.25, -0.2) is 0 Å². The minimum atomic E-state index is 0.107. The van der Waals surface area contributed by atoms with Crippen molar-refractivity contribution in [3.05, 3.63) is 41.5 Å². The standard InChI is InChI=1S/C19H28O/c1-6-11-20-18-16(15-9-7-8-10-15)12-14(2)13-17(18)19(3,4)5/h6,12-13,15H,1,7-11H2,2-5H3. The van der Waals surface area contributed by atoms with Crippen molar-refractivity contribution in [2.24, 2.45) is 0 Å². The predicted octanol–water partition coefficient (Wildman–Crippen LogP) is 5.51. The molecule has 0 spiro atoms. The predicted molar refractivity (Wildman–Crippen MR) is 86.8 cm³/mol. The lowest BCUT2D eigenvalue weighted by molar-refractivity contribution is 0.344. The third kappa shape index (κ3) is 3.26. The highest BCUT2D eigenvalue weighted by atomic mass is 16.5. The summed E-state index contributed by atoms with van der Waals surface area (Å²) in [6.07, 6.45) is 7.15. The molecule has 110 valence electrons. The molecule has 1 aliphatic carbocycles. The minimum Gasteiger partial charge on any atom is -0.489 e. The summed E-state index contributed by atoms with van der Waals surface area (Å²) in [5, 5.41) is 0. The Morgan fingerprint density at radius 2 is 1.90 bits per heavy atom. The Kier molecular flexibility index (Phi) is 4.57. The third-order valence-corrected chi connectivity index (χ3v) is 4.21.